The van der Waals surface area contributed by atoms with Gasteiger partial charge in [-0.1, -0.05) is 12.8 Å². The number of nitrogens with one attached hydrogen (secondary N) is 1. The minimum Gasteiger partial charge on any atom is -0.481 e. The van der Waals surface area contributed by atoms with Gasteiger partial charge in [0.15, 0.2) is 0 Å². The Morgan fingerprint density at radius 2 is 1.60 bits per heavy atom. The summed E-state index contributed by atoms with van der Waals surface area (Å²) in [6.45, 7) is 0. The second kappa shape index (κ2) is 4.21. The van der Waals surface area contributed by atoms with Crippen LogP contribution in [0.15, 0.2) is 0 Å². The van der Waals surface area contributed by atoms with Crippen LogP contribution in [0.4, 0.5) is 0 Å². The molecule has 15 heavy (non-hydrogen) atoms. The molecule has 4 heteroatoms. The molecule has 0 bridgehead atoms. The number of carbonyl (C=O) groups is 2. The number of hydrogen-bond donors (Lipinski definition) is 2. The fraction of sp³-hybridized carbons (Fsp3) is 0.818. The van der Waals surface area contributed by atoms with Crippen LogP contribution in [0.5, 0.6) is 0 Å². The normalized spacial score (nSPS) is 30.9. The Hall–Kier alpha value is -1.06. The number of carbonyl (C=O) groups excluding carboxylic acids is 1. The highest BCUT2D eigenvalue weighted by molar-refractivity contribution is 5.86. The van der Waals surface area contributed by atoms with Crippen molar-refractivity contribution in [2.45, 2.75) is 44.6 Å². The van der Waals surface area contributed by atoms with E-state index in [4.69, 9.17) is 5.11 Å². The lowest BCUT2D eigenvalue weighted by Gasteiger charge is -2.32. The number of amides is 1. The maximum absolute atomic E-state index is 11.7. The third kappa shape index (κ3) is 2.13. The van der Waals surface area contributed by atoms with Crippen molar-refractivity contribution in [1.29, 1.82) is 0 Å². The lowest BCUT2D eigenvalue weighted by Crippen LogP contribution is -2.46. The molecule has 4 nitrogen and oxygen atoms in total. The maximum Gasteiger partial charge on any atom is 0.307 e. The number of carboxylic acid groups (broad SMARTS) is 1. The first-order valence-corrected chi connectivity index (χ1v) is 5.71. The highest BCUT2D eigenvalue weighted by Gasteiger charge is 2.41. The van der Waals surface area contributed by atoms with Crippen molar-refractivity contribution in [1.82, 2.24) is 5.32 Å². The molecule has 0 radical (unpaired) electrons. The van der Waals surface area contributed by atoms with E-state index in [0.717, 1.165) is 19.3 Å². The van der Waals surface area contributed by atoms with E-state index in [1.54, 1.807) is 0 Å². The largest absolute Gasteiger partial charge is 0.481 e. The summed E-state index contributed by atoms with van der Waals surface area (Å²) in [5.74, 6) is -1.58. The van der Waals surface area contributed by atoms with Gasteiger partial charge < -0.3 is 10.4 Å². The zero-order valence-corrected chi connectivity index (χ0v) is 8.74. The predicted molar refractivity (Wildman–Crippen MR) is 54.2 cm³/mol. The molecule has 1 amide bonds. The first-order valence-electron chi connectivity index (χ1n) is 5.71. The zero-order chi connectivity index (χ0) is 10.8. The summed E-state index contributed by atoms with van der Waals surface area (Å²) in [5, 5.41) is 11.8. The van der Waals surface area contributed by atoms with Crippen molar-refractivity contribution in [2.75, 3.05) is 0 Å². The maximum atomic E-state index is 11.7. The van der Waals surface area contributed by atoms with Gasteiger partial charge in [0, 0.05) is 6.04 Å². The Labute approximate surface area is 89.0 Å². The molecule has 2 saturated carbocycles. The van der Waals surface area contributed by atoms with Crippen molar-refractivity contribution >= 4 is 11.9 Å². The monoisotopic (exact) mass is 211 g/mol. The Kier molecular flexibility index (Phi) is 2.93. The molecule has 2 atom stereocenters. The van der Waals surface area contributed by atoms with Gasteiger partial charge in [-0.15, -0.1) is 0 Å². The van der Waals surface area contributed by atoms with Gasteiger partial charge in [0.05, 0.1) is 11.8 Å². The Morgan fingerprint density at radius 1 is 1.00 bits per heavy atom. The smallest absolute Gasteiger partial charge is 0.307 e. The van der Waals surface area contributed by atoms with Crippen LogP contribution < -0.4 is 5.32 Å². The number of rotatable bonds is 3. The number of hydrogen-bond acceptors (Lipinski definition) is 2. The fourth-order valence-electron chi connectivity index (χ4n) is 2.49. The molecule has 2 aliphatic carbocycles. The lowest BCUT2D eigenvalue weighted by atomic mass is 9.73. The van der Waals surface area contributed by atoms with Gasteiger partial charge in [0.1, 0.15) is 0 Å². The summed E-state index contributed by atoms with van der Waals surface area (Å²) in [7, 11) is 0. The molecule has 2 N–H and O–H groups in total. The fourth-order valence-corrected chi connectivity index (χ4v) is 2.49. The van der Waals surface area contributed by atoms with Gasteiger partial charge in [-0.05, 0) is 25.7 Å². The molecule has 0 aromatic heterocycles. The van der Waals surface area contributed by atoms with E-state index >= 15 is 0 Å². The average molecular weight is 211 g/mol. The molecule has 0 aromatic carbocycles. The molecule has 2 aliphatic rings. The minimum atomic E-state index is -0.826. The van der Waals surface area contributed by atoms with Crippen LogP contribution in [-0.2, 0) is 9.59 Å². The van der Waals surface area contributed by atoms with Crippen molar-refractivity contribution in [3.05, 3.63) is 0 Å². The molecule has 0 heterocycles. The van der Waals surface area contributed by atoms with Gasteiger partial charge in [0.25, 0.3) is 0 Å². The lowest BCUT2D eigenvalue weighted by molar-refractivity contribution is -0.152. The Morgan fingerprint density at radius 3 is 2.07 bits per heavy atom. The van der Waals surface area contributed by atoms with Crippen LogP contribution >= 0.6 is 0 Å². The van der Waals surface area contributed by atoms with Gasteiger partial charge in [-0.3, -0.25) is 9.59 Å². The van der Waals surface area contributed by atoms with Crippen LogP contribution in [0.2, 0.25) is 0 Å². The van der Waals surface area contributed by atoms with Crippen molar-refractivity contribution in [3.63, 3.8) is 0 Å². The quantitative estimate of drug-likeness (QED) is 0.736. The first kappa shape index (κ1) is 10.5. The third-order valence-corrected chi connectivity index (χ3v) is 3.63. The van der Waals surface area contributed by atoms with E-state index in [9.17, 15) is 9.59 Å². The topological polar surface area (TPSA) is 66.4 Å². The second-order valence-electron chi connectivity index (χ2n) is 4.62. The van der Waals surface area contributed by atoms with Crippen LogP contribution in [0.25, 0.3) is 0 Å². The predicted octanol–water partition coefficient (Wildman–Crippen LogP) is 1.16. The summed E-state index contributed by atoms with van der Waals surface area (Å²) in [5.41, 5.74) is 0. The molecule has 0 aliphatic heterocycles. The highest BCUT2D eigenvalue weighted by Crippen LogP contribution is 2.35. The van der Waals surface area contributed by atoms with Crippen molar-refractivity contribution < 1.29 is 14.7 Å². The molecular weight excluding hydrogens is 194 g/mol. The van der Waals surface area contributed by atoms with Crippen molar-refractivity contribution in [3.8, 4) is 0 Å². The van der Waals surface area contributed by atoms with E-state index < -0.39 is 11.9 Å². The van der Waals surface area contributed by atoms with Crippen molar-refractivity contribution in [2.24, 2.45) is 11.8 Å². The summed E-state index contributed by atoms with van der Waals surface area (Å²) in [4.78, 5) is 22.5. The summed E-state index contributed by atoms with van der Waals surface area (Å²) >= 11 is 0. The molecule has 0 unspecified atom stereocenters. The van der Waals surface area contributed by atoms with E-state index in [-0.39, 0.29) is 11.8 Å². The first-order chi connectivity index (χ1) is 7.18. The molecule has 2 fully saturated rings. The molecule has 0 aromatic rings. The average Bonchev–Trinajstić information content (AvgIpc) is 2.52. The second-order valence-corrected chi connectivity index (χ2v) is 4.62. The molecule has 0 spiro atoms. The minimum absolute atomic E-state index is 0.0412. The van der Waals surface area contributed by atoms with Crippen LogP contribution in [-0.4, -0.2) is 23.0 Å². The van der Waals surface area contributed by atoms with Gasteiger partial charge in [-0.2, -0.15) is 0 Å². The summed E-state index contributed by atoms with van der Waals surface area (Å²) in [6, 6.07) is 0.299. The van der Waals surface area contributed by atoms with Gasteiger partial charge in [-0.25, -0.2) is 0 Å². The molecule has 0 saturated heterocycles. The Balaban J connectivity index is 1.82. The number of aliphatic carboxylic acids is 1. The third-order valence-electron chi connectivity index (χ3n) is 3.63. The molecular formula is C11H17NO3. The van der Waals surface area contributed by atoms with E-state index in [0.29, 0.717) is 12.5 Å². The SMILES string of the molecule is O=C(O)[C@H]1CC[C@H]1C(=O)NC1CCCC1. The Bertz CT molecular complexity index is 271. The van der Waals surface area contributed by atoms with E-state index in [1.807, 2.05) is 0 Å². The molecule has 84 valence electrons. The van der Waals surface area contributed by atoms with Gasteiger partial charge in [0.2, 0.25) is 5.91 Å². The standard InChI is InChI=1S/C11H17NO3/c13-10(12-7-3-1-2-4-7)8-5-6-9(8)11(14)15/h7-9H,1-6H2,(H,12,13)(H,14,15)/t8-,9+/m1/s1. The van der Waals surface area contributed by atoms with Crippen LogP contribution in [0, 0.1) is 11.8 Å². The van der Waals surface area contributed by atoms with E-state index in [1.165, 1.54) is 12.8 Å². The van der Waals surface area contributed by atoms with Crippen LogP contribution in [0.3, 0.4) is 0 Å². The van der Waals surface area contributed by atoms with E-state index in [2.05, 4.69) is 5.32 Å². The zero-order valence-electron chi connectivity index (χ0n) is 8.74. The highest BCUT2D eigenvalue weighted by atomic mass is 16.4. The number of carboxylic acids is 1. The summed E-state index contributed by atoms with van der Waals surface area (Å²) in [6.07, 6.45) is 5.84. The van der Waals surface area contributed by atoms with Gasteiger partial charge >= 0.3 is 5.97 Å². The summed E-state index contributed by atoms with van der Waals surface area (Å²) < 4.78 is 0. The van der Waals surface area contributed by atoms with Crippen LogP contribution in [0.1, 0.15) is 38.5 Å². The molecule has 2 rings (SSSR count).